The van der Waals surface area contributed by atoms with Crippen LogP contribution in [0.2, 0.25) is 0 Å². The van der Waals surface area contributed by atoms with E-state index < -0.39 is 17.6 Å². The molecule has 0 amide bonds. The Labute approximate surface area is 108 Å². The molecule has 1 heterocycles. The van der Waals surface area contributed by atoms with Crippen LogP contribution in [-0.2, 0) is 10.9 Å². The van der Waals surface area contributed by atoms with Gasteiger partial charge in [0.1, 0.15) is 5.82 Å². The quantitative estimate of drug-likeness (QED) is 0.848. The topological polar surface area (TPSA) is 21.3 Å². The summed E-state index contributed by atoms with van der Waals surface area (Å²) in [5.74, 6) is -1.26. The van der Waals surface area contributed by atoms with Crippen molar-refractivity contribution in [1.29, 1.82) is 0 Å². The van der Waals surface area contributed by atoms with E-state index >= 15 is 0 Å². The predicted molar refractivity (Wildman–Crippen MR) is 63.5 cm³/mol. The third-order valence-corrected chi connectivity index (χ3v) is 3.08. The van der Waals surface area contributed by atoms with Gasteiger partial charge < -0.3 is 10.1 Å². The van der Waals surface area contributed by atoms with Gasteiger partial charge in [0, 0.05) is 18.8 Å². The number of alkyl halides is 3. The maximum absolute atomic E-state index is 13.1. The average Bonchev–Trinajstić information content (AvgIpc) is 2.37. The summed E-state index contributed by atoms with van der Waals surface area (Å²) in [7, 11) is 0. The molecule has 0 saturated carbocycles. The van der Waals surface area contributed by atoms with Crippen LogP contribution in [0.4, 0.5) is 23.2 Å². The normalized spacial score (nSPS) is 20.3. The second-order valence-corrected chi connectivity index (χ2v) is 4.56. The summed E-state index contributed by atoms with van der Waals surface area (Å²) in [5.41, 5.74) is -0.995. The molecule has 1 aliphatic heterocycles. The Morgan fingerprint density at radius 2 is 2.05 bits per heavy atom. The molecule has 0 spiro atoms. The Balaban J connectivity index is 2.00. The van der Waals surface area contributed by atoms with E-state index in [-0.39, 0.29) is 11.8 Å². The second-order valence-electron chi connectivity index (χ2n) is 4.56. The van der Waals surface area contributed by atoms with Crippen molar-refractivity contribution in [1.82, 2.24) is 0 Å². The molecule has 0 radical (unpaired) electrons. The standard InChI is InChI=1S/C13H15F4NO/c14-12-5-4-9(7-11(12)13(15,16)17)18-8-10-3-1-2-6-19-10/h4-5,7,10,18H,1-3,6,8H2. The van der Waals surface area contributed by atoms with Crippen molar-refractivity contribution >= 4 is 5.69 Å². The van der Waals surface area contributed by atoms with E-state index in [1.807, 2.05) is 0 Å². The molecule has 1 saturated heterocycles. The maximum atomic E-state index is 13.1. The van der Waals surface area contributed by atoms with Crippen molar-refractivity contribution in [3.63, 3.8) is 0 Å². The summed E-state index contributed by atoms with van der Waals surface area (Å²) in [6, 6.07) is 2.92. The van der Waals surface area contributed by atoms with Gasteiger partial charge in [-0.1, -0.05) is 0 Å². The van der Waals surface area contributed by atoms with Gasteiger partial charge in [-0.05, 0) is 37.5 Å². The maximum Gasteiger partial charge on any atom is 0.419 e. The Kier molecular flexibility index (Phi) is 4.29. The first-order chi connectivity index (χ1) is 8.97. The minimum Gasteiger partial charge on any atom is -0.382 e. The molecule has 19 heavy (non-hydrogen) atoms. The highest BCUT2D eigenvalue weighted by molar-refractivity contribution is 5.47. The van der Waals surface area contributed by atoms with Crippen molar-refractivity contribution in [3.8, 4) is 0 Å². The summed E-state index contributed by atoms with van der Waals surface area (Å²) < 4.78 is 56.1. The van der Waals surface area contributed by atoms with Crippen LogP contribution < -0.4 is 5.32 Å². The molecule has 6 heteroatoms. The minimum atomic E-state index is -4.68. The van der Waals surface area contributed by atoms with Crippen LogP contribution in [-0.4, -0.2) is 19.3 Å². The first kappa shape index (κ1) is 14.1. The van der Waals surface area contributed by atoms with Crippen molar-refractivity contribution in [2.24, 2.45) is 0 Å². The van der Waals surface area contributed by atoms with Crippen LogP contribution in [0, 0.1) is 5.82 Å². The van der Waals surface area contributed by atoms with Gasteiger partial charge in [0.25, 0.3) is 0 Å². The number of nitrogens with one attached hydrogen (secondary N) is 1. The van der Waals surface area contributed by atoms with E-state index in [0.29, 0.717) is 13.2 Å². The number of hydrogen-bond acceptors (Lipinski definition) is 2. The molecule has 1 N–H and O–H groups in total. The van der Waals surface area contributed by atoms with E-state index in [9.17, 15) is 17.6 Å². The zero-order chi connectivity index (χ0) is 13.9. The zero-order valence-corrected chi connectivity index (χ0v) is 10.3. The Hall–Kier alpha value is -1.30. The van der Waals surface area contributed by atoms with Crippen LogP contribution in [0.25, 0.3) is 0 Å². The van der Waals surface area contributed by atoms with Crippen LogP contribution in [0.3, 0.4) is 0 Å². The SMILES string of the molecule is Fc1ccc(NCC2CCCCO2)cc1C(F)(F)F. The minimum absolute atomic E-state index is 0.00754. The lowest BCUT2D eigenvalue weighted by Gasteiger charge is -2.23. The Morgan fingerprint density at radius 3 is 2.68 bits per heavy atom. The summed E-state index contributed by atoms with van der Waals surface area (Å²) in [6.07, 6.45) is -1.70. The number of anilines is 1. The van der Waals surface area contributed by atoms with E-state index in [1.54, 1.807) is 0 Å². The Morgan fingerprint density at radius 1 is 1.26 bits per heavy atom. The molecule has 1 unspecified atom stereocenters. The molecule has 2 nitrogen and oxygen atoms in total. The van der Waals surface area contributed by atoms with E-state index in [2.05, 4.69) is 5.32 Å². The van der Waals surface area contributed by atoms with E-state index in [4.69, 9.17) is 4.74 Å². The Bertz CT molecular complexity index is 427. The molecule has 0 aromatic heterocycles. The largest absolute Gasteiger partial charge is 0.419 e. The van der Waals surface area contributed by atoms with Gasteiger partial charge in [-0.2, -0.15) is 13.2 Å². The highest BCUT2D eigenvalue weighted by atomic mass is 19.4. The predicted octanol–water partition coefficient (Wildman–Crippen LogP) is 3.83. The lowest BCUT2D eigenvalue weighted by molar-refractivity contribution is -0.139. The lowest BCUT2D eigenvalue weighted by atomic mass is 10.1. The molecule has 106 valence electrons. The van der Waals surface area contributed by atoms with Gasteiger partial charge in [-0.15, -0.1) is 0 Å². The van der Waals surface area contributed by atoms with Gasteiger partial charge in [-0.25, -0.2) is 4.39 Å². The molecule has 1 fully saturated rings. The summed E-state index contributed by atoms with van der Waals surface area (Å²) in [5, 5.41) is 2.86. The molecular weight excluding hydrogens is 262 g/mol. The molecule has 2 rings (SSSR count). The number of hydrogen-bond donors (Lipinski definition) is 1. The summed E-state index contributed by atoms with van der Waals surface area (Å²) in [4.78, 5) is 0. The number of rotatable bonds is 3. The van der Waals surface area contributed by atoms with E-state index in [0.717, 1.165) is 31.4 Å². The molecular formula is C13H15F4NO. The lowest BCUT2D eigenvalue weighted by Crippen LogP contribution is -2.27. The van der Waals surface area contributed by atoms with Crippen LogP contribution >= 0.6 is 0 Å². The third-order valence-electron chi connectivity index (χ3n) is 3.08. The highest BCUT2D eigenvalue weighted by Gasteiger charge is 2.34. The molecule has 1 aromatic carbocycles. The van der Waals surface area contributed by atoms with Gasteiger partial charge in [0.05, 0.1) is 11.7 Å². The monoisotopic (exact) mass is 277 g/mol. The highest BCUT2D eigenvalue weighted by Crippen LogP contribution is 2.33. The van der Waals surface area contributed by atoms with E-state index in [1.165, 1.54) is 6.07 Å². The van der Waals surface area contributed by atoms with Crippen LogP contribution in [0.15, 0.2) is 18.2 Å². The van der Waals surface area contributed by atoms with Crippen molar-refractivity contribution < 1.29 is 22.3 Å². The first-order valence-electron chi connectivity index (χ1n) is 6.19. The fourth-order valence-electron chi connectivity index (χ4n) is 2.05. The fraction of sp³-hybridized carbons (Fsp3) is 0.538. The summed E-state index contributed by atoms with van der Waals surface area (Å²) in [6.45, 7) is 1.12. The number of benzene rings is 1. The van der Waals surface area contributed by atoms with Crippen LogP contribution in [0.1, 0.15) is 24.8 Å². The molecule has 1 aromatic rings. The summed E-state index contributed by atoms with van der Waals surface area (Å²) >= 11 is 0. The third kappa shape index (κ3) is 3.83. The van der Waals surface area contributed by atoms with Gasteiger partial charge in [0.15, 0.2) is 0 Å². The second kappa shape index (κ2) is 5.77. The molecule has 0 aliphatic carbocycles. The number of ether oxygens (including phenoxy) is 1. The fourth-order valence-corrected chi connectivity index (χ4v) is 2.05. The number of halogens is 4. The molecule has 1 atom stereocenters. The van der Waals surface area contributed by atoms with Gasteiger partial charge >= 0.3 is 6.18 Å². The van der Waals surface area contributed by atoms with Crippen LogP contribution in [0.5, 0.6) is 0 Å². The van der Waals surface area contributed by atoms with Gasteiger partial charge in [-0.3, -0.25) is 0 Å². The zero-order valence-electron chi connectivity index (χ0n) is 10.3. The van der Waals surface area contributed by atoms with Crippen molar-refractivity contribution in [3.05, 3.63) is 29.6 Å². The molecule has 0 bridgehead atoms. The smallest absolute Gasteiger partial charge is 0.382 e. The average molecular weight is 277 g/mol. The van der Waals surface area contributed by atoms with Gasteiger partial charge in [0.2, 0.25) is 0 Å². The van der Waals surface area contributed by atoms with Crippen molar-refractivity contribution in [2.75, 3.05) is 18.5 Å². The molecule has 1 aliphatic rings. The first-order valence-corrected chi connectivity index (χ1v) is 6.19. The van der Waals surface area contributed by atoms with Crippen molar-refractivity contribution in [2.45, 2.75) is 31.5 Å².